The number of benzene rings is 1. The second-order valence-corrected chi connectivity index (χ2v) is 4.89. The van der Waals surface area contributed by atoms with Gasteiger partial charge in [0.2, 0.25) is 0 Å². The Hall–Kier alpha value is -1.58. The molecule has 2 N–H and O–H groups in total. The van der Waals surface area contributed by atoms with Gasteiger partial charge in [0.15, 0.2) is 0 Å². The second kappa shape index (κ2) is 4.35. The molecule has 1 fully saturated rings. The van der Waals surface area contributed by atoms with Gasteiger partial charge < -0.3 is 10.4 Å². The van der Waals surface area contributed by atoms with E-state index in [9.17, 15) is 14.3 Å². The minimum Gasteiger partial charge on any atom is -0.480 e. The van der Waals surface area contributed by atoms with Crippen molar-refractivity contribution < 1.29 is 14.3 Å². The molecule has 0 amide bonds. The summed E-state index contributed by atoms with van der Waals surface area (Å²) in [7, 11) is 0. The monoisotopic (exact) mass is 237 g/mol. The summed E-state index contributed by atoms with van der Waals surface area (Å²) in [5, 5.41) is 12.1. The molecule has 2 rings (SSSR count). The first kappa shape index (κ1) is 11.9. The third-order valence-electron chi connectivity index (χ3n) is 3.15. The molecule has 3 nitrogen and oxygen atoms in total. The van der Waals surface area contributed by atoms with E-state index in [1.54, 1.807) is 25.1 Å². The molecule has 0 radical (unpaired) electrons. The molecule has 0 aliphatic heterocycles. The van der Waals surface area contributed by atoms with Crippen molar-refractivity contribution in [3.63, 3.8) is 0 Å². The van der Waals surface area contributed by atoms with Crippen molar-refractivity contribution in [2.45, 2.75) is 31.7 Å². The fraction of sp³-hybridized carbons (Fsp3) is 0.462. The molecule has 17 heavy (non-hydrogen) atoms. The molecular weight excluding hydrogens is 221 g/mol. The lowest BCUT2D eigenvalue weighted by molar-refractivity contribution is -0.142. The fourth-order valence-corrected chi connectivity index (χ4v) is 1.95. The lowest BCUT2D eigenvalue weighted by Gasteiger charge is -2.27. The van der Waals surface area contributed by atoms with Crippen LogP contribution in [0.4, 0.5) is 10.1 Å². The van der Waals surface area contributed by atoms with Gasteiger partial charge in [0, 0.05) is 0 Å². The second-order valence-electron chi connectivity index (χ2n) is 4.89. The Balaban J connectivity index is 2.17. The average molecular weight is 237 g/mol. The van der Waals surface area contributed by atoms with Gasteiger partial charge in [0.05, 0.1) is 5.69 Å². The molecule has 1 saturated carbocycles. The van der Waals surface area contributed by atoms with Gasteiger partial charge in [0.1, 0.15) is 11.4 Å². The number of carboxylic acid groups (broad SMARTS) is 1. The summed E-state index contributed by atoms with van der Waals surface area (Å²) in [6.07, 6.45) is 2.68. The van der Waals surface area contributed by atoms with Crippen molar-refractivity contribution in [1.82, 2.24) is 0 Å². The molecule has 0 heterocycles. The van der Waals surface area contributed by atoms with Crippen LogP contribution in [-0.4, -0.2) is 16.6 Å². The smallest absolute Gasteiger partial charge is 0.329 e. The van der Waals surface area contributed by atoms with E-state index in [1.165, 1.54) is 6.07 Å². The van der Waals surface area contributed by atoms with E-state index in [2.05, 4.69) is 5.32 Å². The van der Waals surface area contributed by atoms with Crippen LogP contribution in [0.1, 0.15) is 26.2 Å². The molecule has 0 bridgehead atoms. The molecule has 0 saturated heterocycles. The Labute approximate surface area is 99.7 Å². The predicted molar refractivity (Wildman–Crippen MR) is 63.4 cm³/mol. The SMILES string of the molecule is CC(CC1CC1)(Nc1ccccc1F)C(=O)O. The first-order valence-corrected chi connectivity index (χ1v) is 5.77. The van der Waals surface area contributed by atoms with Gasteiger partial charge in [-0.25, -0.2) is 9.18 Å². The van der Waals surface area contributed by atoms with Crippen LogP contribution < -0.4 is 5.32 Å². The first-order valence-electron chi connectivity index (χ1n) is 5.77. The average Bonchev–Trinajstić information content (AvgIpc) is 3.05. The summed E-state index contributed by atoms with van der Waals surface area (Å²) in [5.74, 6) is -0.904. The summed E-state index contributed by atoms with van der Waals surface area (Å²) in [5.41, 5.74) is -0.846. The number of halogens is 1. The van der Waals surface area contributed by atoms with Crippen LogP contribution in [-0.2, 0) is 4.79 Å². The summed E-state index contributed by atoms with van der Waals surface area (Å²) in [4.78, 5) is 11.3. The number of para-hydroxylation sites is 1. The number of nitrogens with one attached hydrogen (secondary N) is 1. The van der Waals surface area contributed by atoms with Crippen LogP contribution in [0, 0.1) is 11.7 Å². The van der Waals surface area contributed by atoms with Crippen LogP contribution in [0.15, 0.2) is 24.3 Å². The number of rotatable bonds is 5. The van der Waals surface area contributed by atoms with Gasteiger partial charge in [0.25, 0.3) is 0 Å². The first-order chi connectivity index (χ1) is 8.01. The molecule has 1 aromatic carbocycles. The summed E-state index contributed by atoms with van der Waals surface area (Å²) < 4.78 is 13.5. The highest BCUT2D eigenvalue weighted by Gasteiger charge is 2.39. The topological polar surface area (TPSA) is 49.3 Å². The molecule has 1 unspecified atom stereocenters. The Bertz CT molecular complexity index is 431. The highest BCUT2D eigenvalue weighted by molar-refractivity contribution is 5.82. The maximum absolute atomic E-state index is 13.5. The Kier molecular flexibility index (Phi) is 3.05. The Morgan fingerprint density at radius 2 is 2.18 bits per heavy atom. The third-order valence-corrected chi connectivity index (χ3v) is 3.15. The summed E-state index contributed by atoms with van der Waals surface area (Å²) in [6, 6.07) is 6.15. The fourth-order valence-electron chi connectivity index (χ4n) is 1.95. The van der Waals surface area contributed by atoms with Gasteiger partial charge >= 0.3 is 5.97 Å². The molecular formula is C13H16FNO2. The number of carbonyl (C=O) groups is 1. The number of hydrogen-bond donors (Lipinski definition) is 2. The highest BCUT2D eigenvalue weighted by Crippen LogP contribution is 2.38. The van der Waals surface area contributed by atoms with Crippen molar-refractivity contribution in [1.29, 1.82) is 0 Å². The van der Waals surface area contributed by atoms with Crippen LogP contribution in [0.2, 0.25) is 0 Å². The predicted octanol–water partition coefficient (Wildman–Crippen LogP) is 2.88. The lowest BCUT2D eigenvalue weighted by atomic mass is 9.94. The van der Waals surface area contributed by atoms with Crippen molar-refractivity contribution in [3.8, 4) is 0 Å². The maximum Gasteiger partial charge on any atom is 0.329 e. The molecule has 92 valence electrons. The Morgan fingerprint density at radius 1 is 1.53 bits per heavy atom. The van der Waals surface area contributed by atoms with E-state index < -0.39 is 17.3 Å². The van der Waals surface area contributed by atoms with Crippen molar-refractivity contribution in [3.05, 3.63) is 30.1 Å². The normalized spacial score (nSPS) is 18.5. The minimum atomic E-state index is -1.09. The summed E-state index contributed by atoms with van der Waals surface area (Å²) in [6.45, 7) is 1.61. The highest BCUT2D eigenvalue weighted by atomic mass is 19.1. The molecule has 1 aliphatic carbocycles. The number of aliphatic carboxylic acids is 1. The molecule has 0 spiro atoms. The third kappa shape index (κ3) is 2.75. The van der Waals surface area contributed by atoms with E-state index in [0.717, 1.165) is 12.8 Å². The zero-order valence-electron chi connectivity index (χ0n) is 9.74. The number of carboxylic acids is 1. The lowest BCUT2D eigenvalue weighted by Crippen LogP contribution is -2.44. The van der Waals surface area contributed by atoms with Gasteiger partial charge in [-0.05, 0) is 31.4 Å². The van der Waals surface area contributed by atoms with Gasteiger partial charge in [-0.1, -0.05) is 25.0 Å². The number of hydrogen-bond acceptors (Lipinski definition) is 2. The van der Waals surface area contributed by atoms with Gasteiger partial charge in [-0.15, -0.1) is 0 Å². The van der Waals surface area contributed by atoms with Crippen molar-refractivity contribution in [2.24, 2.45) is 5.92 Å². The van der Waals surface area contributed by atoms with Crippen molar-refractivity contribution in [2.75, 3.05) is 5.32 Å². The maximum atomic E-state index is 13.5. The van der Waals surface area contributed by atoms with Crippen LogP contribution in [0.3, 0.4) is 0 Å². The van der Waals surface area contributed by atoms with E-state index >= 15 is 0 Å². The molecule has 4 heteroatoms. The quantitative estimate of drug-likeness (QED) is 0.827. The van der Waals surface area contributed by atoms with E-state index in [-0.39, 0.29) is 5.69 Å². The van der Waals surface area contributed by atoms with Crippen LogP contribution >= 0.6 is 0 Å². The van der Waals surface area contributed by atoms with E-state index in [0.29, 0.717) is 12.3 Å². The largest absolute Gasteiger partial charge is 0.480 e. The zero-order chi connectivity index (χ0) is 12.5. The Morgan fingerprint density at radius 3 is 2.71 bits per heavy atom. The standard InChI is InChI=1S/C13H16FNO2/c1-13(12(16)17,8-9-6-7-9)15-11-5-3-2-4-10(11)14/h2-5,9,15H,6-8H2,1H3,(H,16,17). The van der Waals surface area contributed by atoms with E-state index in [1.807, 2.05) is 0 Å². The van der Waals surface area contributed by atoms with Crippen LogP contribution in [0.5, 0.6) is 0 Å². The van der Waals surface area contributed by atoms with Crippen LogP contribution in [0.25, 0.3) is 0 Å². The number of anilines is 1. The van der Waals surface area contributed by atoms with Crippen molar-refractivity contribution >= 4 is 11.7 Å². The molecule has 1 aromatic rings. The van der Waals surface area contributed by atoms with Gasteiger partial charge in [-0.3, -0.25) is 0 Å². The summed E-state index contributed by atoms with van der Waals surface area (Å²) >= 11 is 0. The minimum absolute atomic E-state index is 0.248. The molecule has 0 aromatic heterocycles. The molecule has 1 atom stereocenters. The van der Waals surface area contributed by atoms with Gasteiger partial charge in [-0.2, -0.15) is 0 Å². The zero-order valence-corrected chi connectivity index (χ0v) is 9.74. The van der Waals surface area contributed by atoms with E-state index in [4.69, 9.17) is 0 Å². The molecule has 1 aliphatic rings.